The molecule has 1 fully saturated rings. The van der Waals surface area contributed by atoms with E-state index < -0.39 is 10.0 Å². The number of hydrogen-bond acceptors (Lipinski definition) is 3. The molecule has 6 heteroatoms. The third-order valence-corrected chi connectivity index (χ3v) is 7.27. The van der Waals surface area contributed by atoms with Gasteiger partial charge in [0.15, 0.2) is 0 Å². The van der Waals surface area contributed by atoms with Crippen LogP contribution in [-0.2, 0) is 27.7 Å². The van der Waals surface area contributed by atoms with Crippen molar-refractivity contribution in [2.75, 3.05) is 9.62 Å². The second-order valence-electron chi connectivity index (χ2n) is 7.80. The second kappa shape index (κ2) is 7.24. The van der Waals surface area contributed by atoms with Crippen LogP contribution in [0.3, 0.4) is 0 Å². The highest BCUT2D eigenvalue weighted by atomic mass is 32.2. The Bertz CT molecular complexity index is 1010. The molecule has 148 valence electrons. The Morgan fingerprint density at radius 3 is 2.61 bits per heavy atom. The molecule has 2 aromatic rings. The number of carbonyl (C=O) groups is 1. The van der Waals surface area contributed by atoms with E-state index in [-0.39, 0.29) is 22.8 Å². The maximum Gasteiger partial charge on any atom is 0.261 e. The predicted octanol–water partition coefficient (Wildman–Crippen LogP) is 4.13. The topological polar surface area (TPSA) is 66.5 Å². The highest BCUT2D eigenvalue weighted by Crippen LogP contribution is 2.38. The summed E-state index contributed by atoms with van der Waals surface area (Å²) in [6, 6.07) is 12.6. The van der Waals surface area contributed by atoms with E-state index in [1.54, 1.807) is 24.3 Å². The van der Waals surface area contributed by atoms with E-state index in [0.29, 0.717) is 12.1 Å². The third-order valence-electron chi connectivity index (χ3n) is 5.91. The molecule has 1 atom stereocenters. The van der Waals surface area contributed by atoms with Crippen LogP contribution in [-0.4, -0.2) is 20.4 Å². The fourth-order valence-electron chi connectivity index (χ4n) is 4.09. The van der Waals surface area contributed by atoms with Gasteiger partial charge in [-0.2, -0.15) is 0 Å². The number of hydrogen-bond donors (Lipinski definition) is 1. The first-order valence-electron chi connectivity index (χ1n) is 9.97. The van der Waals surface area contributed by atoms with Crippen LogP contribution in [0.4, 0.5) is 11.4 Å². The van der Waals surface area contributed by atoms with Crippen molar-refractivity contribution in [3.8, 4) is 0 Å². The predicted molar refractivity (Wildman–Crippen MR) is 111 cm³/mol. The largest absolute Gasteiger partial charge is 0.309 e. The molecule has 0 radical (unpaired) electrons. The molecular weight excluding hydrogens is 372 g/mol. The van der Waals surface area contributed by atoms with Gasteiger partial charge in [-0.1, -0.05) is 31.5 Å². The van der Waals surface area contributed by atoms with E-state index in [1.807, 2.05) is 36.9 Å². The van der Waals surface area contributed by atoms with Gasteiger partial charge in [0.05, 0.1) is 10.6 Å². The molecule has 0 saturated heterocycles. The number of sulfonamides is 1. The van der Waals surface area contributed by atoms with Crippen LogP contribution in [0, 0.1) is 5.92 Å². The molecule has 0 bridgehead atoms. The van der Waals surface area contributed by atoms with E-state index in [2.05, 4.69) is 4.72 Å². The quantitative estimate of drug-likeness (QED) is 0.824. The molecular formula is C22H26N2O3S. The summed E-state index contributed by atoms with van der Waals surface area (Å²) in [6.45, 7) is 4.03. The molecule has 4 rings (SSSR count). The molecule has 1 saturated carbocycles. The number of aryl methyl sites for hydroxylation is 1. The highest BCUT2D eigenvalue weighted by molar-refractivity contribution is 7.92. The van der Waals surface area contributed by atoms with Gasteiger partial charge in [0.2, 0.25) is 5.91 Å². The molecule has 2 aliphatic rings. The lowest BCUT2D eigenvalue weighted by Crippen LogP contribution is -2.42. The zero-order valence-corrected chi connectivity index (χ0v) is 17.1. The Morgan fingerprint density at radius 1 is 1.18 bits per heavy atom. The fourth-order valence-corrected chi connectivity index (χ4v) is 5.25. The molecule has 1 heterocycles. The number of benzene rings is 2. The molecule has 1 amide bonds. The van der Waals surface area contributed by atoms with Crippen LogP contribution in [0.1, 0.15) is 44.2 Å². The molecule has 0 aromatic heterocycles. The summed E-state index contributed by atoms with van der Waals surface area (Å²) < 4.78 is 28.6. The Balaban J connectivity index is 1.62. The normalized spacial score (nSPS) is 19.2. The van der Waals surface area contributed by atoms with E-state index in [0.717, 1.165) is 42.5 Å². The van der Waals surface area contributed by atoms with Gasteiger partial charge in [-0.05, 0) is 68.0 Å². The number of rotatable bonds is 5. The molecule has 1 aliphatic heterocycles. The van der Waals surface area contributed by atoms with Crippen molar-refractivity contribution in [1.82, 2.24) is 0 Å². The van der Waals surface area contributed by atoms with Crippen LogP contribution in [0.5, 0.6) is 0 Å². The molecule has 1 N–H and O–H groups in total. The molecule has 5 nitrogen and oxygen atoms in total. The first-order valence-corrected chi connectivity index (χ1v) is 11.5. The Hall–Kier alpha value is -2.34. The molecule has 1 aliphatic carbocycles. The summed E-state index contributed by atoms with van der Waals surface area (Å²) in [4.78, 5) is 14.9. The van der Waals surface area contributed by atoms with Gasteiger partial charge in [0.1, 0.15) is 0 Å². The summed E-state index contributed by atoms with van der Waals surface area (Å²) in [5.74, 6) is 0.312. The van der Waals surface area contributed by atoms with Gasteiger partial charge in [0, 0.05) is 17.6 Å². The number of nitrogens with one attached hydrogen (secondary N) is 1. The zero-order chi connectivity index (χ0) is 19.9. The molecule has 0 unspecified atom stereocenters. The highest BCUT2D eigenvalue weighted by Gasteiger charge is 2.37. The molecule has 2 aromatic carbocycles. The van der Waals surface area contributed by atoms with Crippen molar-refractivity contribution in [3.05, 3.63) is 53.6 Å². The Kier molecular flexibility index (Phi) is 4.91. The third kappa shape index (κ3) is 3.30. The maximum absolute atomic E-state index is 12.9. The average Bonchev–Trinajstić information content (AvgIpc) is 2.95. The van der Waals surface area contributed by atoms with Crippen molar-refractivity contribution < 1.29 is 13.2 Å². The minimum atomic E-state index is -3.69. The van der Waals surface area contributed by atoms with E-state index >= 15 is 0 Å². The Labute approximate surface area is 166 Å². The minimum absolute atomic E-state index is 0.0647. The number of anilines is 2. The smallest absolute Gasteiger partial charge is 0.261 e. The fraction of sp³-hybridized carbons (Fsp3) is 0.409. The standard InChI is InChI=1S/C22H26N2O3S/c1-3-16-7-4-5-10-20(16)23-28(26,27)19-11-12-21-18(14-19)13-15(2)24(21)22(25)17-8-6-9-17/h4-5,7,10-12,14-15,17,23H,3,6,8-9,13H2,1-2H3/t15-/m0/s1. The van der Waals surface area contributed by atoms with Crippen LogP contribution in [0.15, 0.2) is 47.4 Å². The van der Waals surface area contributed by atoms with Gasteiger partial charge in [-0.3, -0.25) is 9.52 Å². The van der Waals surface area contributed by atoms with Crippen molar-refractivity contribution in [3.63, 3.8) is 0 Å². The minimum Gasteiger partial charge on any atom is -0.309 e. The van der Waals surface area contributed by atoms with Gasteiger partial charge >= 0.3 is 0 Å². The lowest BCUT2D eigenvalue weighted by Gasteiger charge is -2.32. The number of carbonyl (C=O) groups excluding carboxylic acids is 1. The summed E-state index contributed by atoms with van der Waals surface area (Å²) >= 11 is 0. The first-order chi connectivity index (χ1) is 13.4. The second-order valence-corrected chi connectivity index (χ2v) is 9.48. The average molecular weight is 399 g/mol. The number of fused-ring (bicyclic) bond motifs is 1. The van der Waals surface area contributed by atoms with Gasteiger partial charge in [-0.25, -0.2) is 8.42 Å². The molecule has 28 heavy (non-hydrogen) atoms. The number of amides is 1. The van der Waals surface area contributed by atoms with Crippen molar-refractivity contribution in [2.45, 2.75) is 56.9 Å². The van der Waals surface area contributed by atoms with E-state index in [9.17, 15) is 13.2 Å². The summed E-state index contributed by atoms with van der Waals surface area (Å²) in [5, 5.41) is 0. The first kappa shape index (κ1) is 19.0. The molecule has 0 spiro atoms. The van der Waals surface area contributed by atoms with E-state index in [1.165, 1.54) is 0 Å². The Morgan fingerprint density at radius 2 is 1.93 bits per heavy atom. The van der Waals surface area contributed by atoms with Crippen LogP contribution >= 0.6 is 0 Å². The van der Waals surface area contributed by atoms with Gasteiger partial charge in [0.25, 0.3) is 10.0 Å². The SMILES string of the molecule is CCc1ccccc1NS(=O)(=O)c1ccc2c(c1)C[C@H](C)N2C(=O)C1CCC1. The van der Waals surface area contributed by atoms with Gasteiger partial charge in [-0.15, -0.1) is 0 Å². The van der Waals surface area contributed by atoms with Crippen molar-refractivity contribution >= 4 is 27.3 Å². The lowest BCUT2D eigenvalue weighted by molar-refractivity contribution is -0.125. The number of nitrogens with zero attached hydrogens (tertiary/aromatic N) is 1. The van der Waals surface area contributed by atoms with Crippen molar-refractivity contribution in [1.29, 1.82) is 0 Å². The van der Waals surface area contributed by atoms with Gasteiger partial charge < -0.3 is 4.90 Å². The summed E-state index contributed by atoms with van der Waals surface area (Å²) in [5.41, 5.74) is 3.35. The summed E-state index contributed by atoms with van der Waals surface area (Å²) in [7, 11) is -3.69. The lowest BCUT2D eigenvalue weighted by atomic mass is 9.84. The monoisotopic (exact) mass is 398 g/mol. The maximum atomic E-state index is 12.9. The summed E-state index contributed by atoms with van der Waals surface area (Å²) in [6.07, 6.45) is 4.48. The number of para-hydroxylation sites is 1. The van der Waals surface area contributed by atoms with Crippen LogP contribution in [0.25, 0.3) is 0 Å². The van der Waals surface area contributed by atoms with Crippen LogP contribution in [0.2, 0.25) is 0 Å². The van der Waals surface area contributed by atoms with Crippen molar-refractivity contribution in [2.24, 2.45) is 5.92 Å². The van der Waals surface area contributed by atoms with E-state index in [4.69, 9.17) is 0 Å². The van der Waals surface area contributed by atoms with Crippen LogP contribution < -0.4 is 9.62 Å². The zero-order valence-electron chi connectivity index (χ0n) is 16.3.